The van der Waals surface area contributed by atoms with Crippen molar-refractivity contribution in [3.63, 3.8) is 0 Å². The number of methoxy groups -OCH3 is 1. The summed E-state index contributed by atoms with van der Waals surface area (Å²) in [6, 6.07) is 0. The molecule has 5 rings (SSSR count). The van der Waals surface area contributed by atoms with Crippen LogP contribution in [0.4, 0.5) is 0 Å². The van der Waals surface area contributed by atoms with Crippen LogP contribution in [-0.2, 0) is 14.3 Å². The van der Waals surface area contributed by atoms with Gasteiger partial charge in [0.05, 0.1) is 18.9 Å². The zero-order chi connectivity index (χ0) is 21.8. The van der Waals surface area contributed by atoms with E-state index in [0.29, 0.717) is 35.9 Å². The molecule has 168 valence electrons. The normalized spacial score (nSPS) is 46.2. The molecule has 4 fully saturated rings. The van der Waals surface area contributed by atoms with Gasteiger partial charge in [-0.05, 0) is 91.6 Å². The minimum Gasteiger partial charge on any atom is -0.469 e. The van der Waals surface area contributed by atoms with Gasteiger partial charge in [0.25, 0.3) is 0 Å². The number of fused-ring (bicyclic) bond motifs is 5. The summed E-state index contributed by atoms with van der Waals surface area (Å²) in [7, 11) is 1.54. The Morgan fingerprint density at radius 1 is 0.968 bits per heavy atom. The predicted octanol–water partition coefficient (Wildman–Crippen LogP) is 5.17. The summed E-state index contributed by atoms with van der Waals surface area (Å²) in [4.78, 5) is 25.7. The summed E-state index contributed by atoms with van der Waals surface area (Å²) in [5.74, 6) is 2.84. The van der Waals surface area contributed by atoms with Crippen LogP contribution >= 0.6 is 0 Å². The van der Waals surface area contributed by atoms with Crippen LogP contribution in [0, 0.1) is 46.3 Å². The summed E-state index contributed by atoms with van der Waals surface area (Å²) in [5.41, 5.74) is 1.37. The van der Waals surface area contributed by atoms with Crippen molar-refractivity contribution < 1.29 is 14.3 Å². The maximum absolute atomic E-state index is 13.2. The van der Waals surface area contributed by atoms with Crippen LogP contribution < -0.4 is 5.32 Å². The molecule has 4 saturated carbocycles. The third-order valence-electron chi connectivity index (χ3n) is 10.3. The molecule has 4 aliphatic carbocycles. The lowest BCUT2D eigenvalue weighted by atomic mass is 9.43. The first-order valence-corrected chi connectivity index (χ1v) is 12.3. The lowest BCUT2D eigenvalue weighted by Gasteiger charge is -2.61. The van der Waals surface area contributed by atoms with Gasteiger partial charge in [-0.15, -0.1) is 0 Å². The largest absolute Gasteiger partial charge is 0.469 e. The highest BCUT2D eigenvalue weighted by Gasteiger charge is 2.63. The number of ketones is 1. The van der Waals surface area contributed by atoms with Gasteiger partial charge in [0.1, 0.15) is 5.78 Å². The molecular weight excluding hydrogens is 386 g/mol. The van der Waals surface area contributed by atoms with Crippen molar-refractivity contribution in [2.75, 3.05) is 7.11 Å². The molecule has 1 heterocycles. The number of rotatable bonds is 2. The maximum atomic E-state index is 13.2. The van der Waals surface area contributed by atoms with E-state index >= 15 is 0 Å². The second-order valence-electron chi connectivity index (χ2n) is 11.2. The Morgan fingerprint density at radius 2 is 1.74 bits per heavy atom. The molecule has 1 aliphatic heterocycles. The first kappa shape index (κ1) is 21.0. The fourth-order valence-corrected chi connectivity index (χ4v) is 8.76. The standard InChI is InChI=1S/C27H37NO3/c1-26-15-13-23(29)24(22-7-5-4-6-16-28-22)20(26)9-8-17-18-10-11-21(25(30)31-3)27(18,2)14-12-19(17)26/h4-7,16-21,24,28H,8-15H2,1-3H3/t17-,18-,19-,20-,21+,24?,26+,27-/m0/s1. The Hall–Kier alpha value is -1.84. The molecule has 0 aromatic carbocycles. The topological polar surface area (TPSA) is 55.4 Å². The quantitative estimate of drug-likeness (QED) is 0.623. The molecule has 4 nitrogen and oxygen atoms in total. The molecule has 0 radical (unpaired) electrons. The minimum atomic E-state index is -0.00759. The first-order chi connectivity index (χ1) is 14.9. The van der Waals surface area contributed by atoms with Crippen molar-refractivity contribution in [3.05, 3.63) is 36.2 Å². The Bertz CT molecular complexity index is 857. The molecule has 0 amide bonds. The number of nitrogens with one attached hydrogen (secondary N) is 1. The van der Waals surface area contributed by atoms with Crippen molar-refractivity contribution in [1.29, 1.82) is 0 Å². The number of hydrogen-bond donors (Lipinski definition) is 1. The molecule has 4 heteroatoms. The fourth-order valence-electron chi connectivity index (χ4n) is 8.76. The number of carbonyl (C=O) groups excluding carboxylic acids is 2. The van der Waals surface area contributed by atoms with Crippen LogP contribution in [0.15, 0.2) is 36.2 Å². The molecule has 0 bridgehead atoms. The lowest BCUT2D eigenvalue weighted by molar-refractivity contribution is -0.160. The highest BCUT2D eigenvalue weighted by Crippen LogP contribution is 2.68. The fraction of sp³-hybridized carbons (Fsp3) is 0.704. The van der Waals surface area contributed by atoms with E-state index in [9.17, 15) is 9.59 Å². The summed E-state index contributed by atoms with van der Waals surface area (Å²) in [6.45, 7) is 4.86. The van der Waals surface area contributed by atoms with E-state index in [0.717, 1.165) is 37.8 Å². The smallest absolute Gasteiger partial charge is 0.309 e. The van der Waals surface area contributed by atoms with E-state index in [1.54, 1.807) is 0 Å². The van der Waals surface area contributed by atoms with Gasteiger partial charge in [-0.2, -0.15) is 0 Å². The molecule has 1 unspecified atom stereocenters. The van der Waals surface area contributed by atoms with Crippen LogP contribution in [0.3, 0.4) is 0 Å². The molecule has 8 atom stereocenters. The van der Waals surface area contributed by atoms with Gasteiger partial charge in [-0.25, -0.2) is 0 Å². The Kier molecular flexibility index (Phi) is 5.18. The van der Waals surface area contributed by atoms with E-state index in [1.165, 1.54) is 20.0 Å². The maximum Gasteiger partial charge on any atom is 0.309 e. The lowest BCUT2D eigenvalue weighted by Crippen LogP contribution is -2.56. The van der Waals surface area contributed by atoms with Crippen LogP contribution in [0.1, 0.15) is 65.2 Å². The summed E-state index contributed by atoms with van der Waals surface area (Å²) in [6.07, 6.45) is 18.6. The summed E-state index contributed by atoms with van der Waals surface area (Å²) >= 11 is 0. The molecule has 1 N–H and O–H groups in total. The van der Waals surface area contributed by atoms with E-state index in [-0.39, 0.29) is 28.6 Å². The molecule has 0 aromatic heterocycles. The zero-order valence-electron chi connectivity index (χ0n) is 19.2. The molecule has 5 aliphatic rings. The van der Waals surface area contributed by atoms with Crippen LogP contribution in [0.5, 0.6) is 0 Å². The Balaban J connectivity index is 1.44. The number of hydrogen-bond acceptors (Lipinski definition) is 4. The average molecular weight is 424 g/mol. The van der Waals surface area contributed by atoms with Gasteiger partial charge >= 0.3 is 5.97 Å². The number of allylic oxidation sites excluding steroid dienone is 5. The Labute approximate surface area is 186 Å². The molecule has 31 heavy (non-hydrogen) atoms. The Morgan fingerprint density at radius 3 is 2.55 bits per heavy atom. The minimum absolute atomic E-state index is 0.000778. The van der Waals surface area contributed by atoms with Crippen molar-refractivity contribution in [3.8, 4) is 0 Å². The molecular formula is C27H37NO3. The van der Waals surface area contributed by atoms with Crippen molar-refractivity contribution in [2.24, 2.45) is 46.3 Å². The summed E-state index contributed by atoms with van der Waals surface area (Å²) < 4.78 is 5.19. The highest BCUT2D eigenvalue weighted by atomic mass is 16.5. The molecule has 0 spiro atoms. The van der Waals surface area contributed by atoms with Crippen molar-refractivity contribution in [2.45, 2.75) is 65.2 Å². The predicted molar refractivity (Wildman–Crippen MR) is 121 cm³/mol. The van der Waals surface area contributed by atoms with Crippen LogP contribution in [0.2, 0.25) is 0 Å². The van der Waals surface area contributed by atoms with Crippen molar-refractivity contribution in [1.82, 2.24) is 5.32 Å². The second kappa shape index (κ2) is 7.64. The number of carbonyl (C=O) groups is 2. The molecule has 0 aromatic rings. The average Bonchev–Trinajstić information content (AvgIpc) is 2.92. The van der Waals surface area contributed by atoms with Crippen LogP contribution in [-0.4, -0.2) is 18.9 Å². The van der Waals surface area contributed by atoms with E-state index in [4.69, 9.17) is 4.74 Å². The van der Waals surface area contributed by atoms with E-state index in [2.05, 4.69) is 25.2 Å². The number of esters is 1. The second-order valence-corrected chi connectivity index (χ2v) is 11.2. The third-order valence-corrected chi connectivity index (χ3v) is 10.3. The van der Waals surface area contributed by atoms with Gasteiger partial charge in [0, 0.05) is 18.3 Å². The molecule has 0 saturated heterocycles. The number of Topliss-reactive ketones (excluding diaryl/α,β-unsaturated/α-hetero) is 1. The van der Waals surface area contributed by atoms with Gasteiger partial charge in [0.15, 0.2) is 0 Å². The zero-order valence-corrected chi connectivity index (χ0v) is 19.2. The highest BCUT2D eigenvalue weighted by molar-refractivity contribution is 5.85. The monoisotopic (exact) mass is 423 g/mol. The SMILES string of the molecule is COC(=O)[C@H]1CC[C@H]2[C@@H]3CC[C@H]4C(C5=CC=CC=CN5)C(=O)CC[C@]4(C)[C@H]3CC[C@]12C. The van der Waals surface area contributed by atoms with Crippen LogP contribution in [0.25, 0.3) is 0 Å². The van der Waals surface area contributed by atoms with Gasteiger partial charge in [-0.3, -0.25) is 9.59 Å². The van der Waals surface area contributed by atoms with Gasteiger partial charge in [-0.1, -0.05) is 26.0 Å². The van der Waals surface area contributed by atoms with Gasteiger partial charge < -0.3 is 10.1 Å². The van der Waals surface area contributed by atoms with Crippen molar-refractivity contribution >= 4 is 11.8 Å². The van der Waals surface area contributed by atoms with Gasteiger partial charge in [0.2, 0.25) is 0 Å². The third kappa shape index (κ3) is 3.08. The summed E-state index contributed by atoms with van der Waals surface area (Å²) in [5, 5.41) is 3.42. The van der Waals surface area contributed by atoms with E-state index in [1.807, 2.05) is 24.4 Å². The number of ether oxygens (including phenoxy) is 1. The van der Waals surface area contributed by atoms with E-state index < -0.39 is 0 Å². The first-order valence-electron chi connectivity index (χ1n) is 12.3.